The van der Waals surface area contributed by atoms with Crippen LogP contribution in [0.25, 0.3) is 0 Å². The van der Waals surface area contributed by atoms with E-state index >= 15 is 0 Å². The topological polar surface area (TPSA) is 37.4 Å². The minimum Gasteiger partial charge on any atom is -0.278 e. The first-order valence-corrected chi connectivity index (χ1v) is 6.81. The molecule has 0 radical (unpaired) electrons. The molecule has 0 bridgehead atoms. The molecule has 2 amide bonds. The number of amides is 2. The minimum absolute atomic E-state index is 0.0105. The van der Waals surface area contributed by atoms with Gasteiger partial charge in [0.25, 0.3) is 5.91 Å². The van der Waals surface area contributed by atoms with E-state index in [0.29, 0.717) is 24.1 Å². The summed E-state index contributed by atoms with van der Waals surface area (Å²) in [5.41, 5.74) is 0.769. The van der Waals surface area contributed by atoms with Crippen molar-refractivity contribution in [1.82, 2.24) is 4.90 Å². The van der Waals surface area contributed by atoms with Gasteiger partial charge in [-0.1, -0.05) is 20.8 Å². The number of carbonyl (C=O) groups excluding carboxylic acids is 2. The summed E-state index contributed by atoms with van der Waals surface area (Å²) in [5.74, 6) is -0.649. The van der Waals surface area contributed by atoms with E-state index in [1.54, 1.807) is 6.92 Å². The lowest BCUT2D eigenvalue weighted by Gasteiger charge is -2.26. The van der Waals surface area contributed by atoms with Crippen molar-refractivity contribution in [2.45, 2.75) is 34.1 Å². The van der Waals surface area contributed by atoms with E-state index in [1.807, 2.05) is 0 Å². The summed E-state index contributed by atoms with van der Waals surface area (Å²) in [6, 6.07) is 4.20. The number of halogens is 1. The molecule has 0 N–H and O–H groups in total. The van der Waals surface area contributed by atoms with Crippen molar-refractivity contribution >= 4 is 11.8 Å². The number of rotatable bonds is 1. The lowest BCUT2D eigenvalue weighted by atomic mass is 9.80. The van der Waals surface area contributed by atoms with Crippen molar-refractivity contribution in [1.29, 1.82) is 0 Å². The highest BCUT2D eigenvalue weighted by molar-refractivity contribution is 6.05. The van der Waals surface area contributed by atoms with Crippen LogP contribution in [0.3, 0.4) is 0 Å². The first-order chi connectivity index (χ1) is 9.20. The summed E-state index contributed by atoms with van der Waals surface area (Å²) < 4.78 is 13.2. The van der Waals surface area contributed by atoms with Gasteiger partial charge in [0.05, 0.1) is 0 Å². The number of benzene rings is 1. The van der Waals surface area contributed by atoms with Crippen LogP contribution in [0, 0.1) is 24.1 Å². The molecule has 1 atom stereocenters. The summed E-state index contributed by atoms with van der Waals surface area (Å²) in [5, 5.41) is 0. The third kappa shape index (κ3) is 2.74. The van der Waals surface area contributed by atoms with Crippen LogP contribution in [0.2, 0.25) is 0 Å². The molecule has 2 rings (SSSR count). The number of carbonyl (C=O) groups is 2. The fourth-order valence-electron chi connectivity index (χ4n) is 2.42. The number of hydrogen-bond acceptors (Lipinski definition) is 2. The molecular weight excluding hydrogens is 257 g/mol. The fourth-order valence-corrected chi connectivity index (χ4v) is 2.42. The van der Waals surface area contributed by atoms with E-state index in [9.17, 15) is 14.0 Å². The highest BCUT2D eigenvalue weighted by atomic mass is 19.1. The van der Waals surface area contributed by atoms with Crippen LogP contribution in [0.15, 0.2) is 18.2 Å². The van der Waals surface area contributed by atoms with Gasteiger partial charge in [0.1, 0.15) is 5.82 Å². The molecule has 4 heteroatoms. The van der Waals surface area contributed by atoms with Gasteiger partial charge in [0.15, 0.2) is 0 Å². The second-order valence-electron chi connectivity index (χ2n) is 6.54. The Labute approximate surface area is 118 Å². The maximum absolute atomic E-state index is 13.2. The lowest BCUT2D eigenvalue weighted by molar-refractivity contribution is -0.125. The normalized spacial score (nSPS) is 19.6. The molecule has 1 saturated heterocycles. The molecule has 1 heterocycles. The zero-order valence-electron chi connectivity index (χ0n) is 12.4. The molecule has 1 aliphatic rings. The van der Waals surface area contributed by atoms with Gasteiger partial charge in [-0.25, -0.2) is 4.39 Å². The Morgan fingerprint density at radius 2 is 2.00 bits per heavy atom. The van der Waals surface area contributed by atoms with Crippen LogP contribution in [-0.4, -0.2) is 23.3 Å². The SMILES string of the molecule is Cc1cc(C(=O)N2CC(C(C)(C)C)CC2=O)ccc1F. The predicted molar refractivity (Wildman–Crippen MR) is 74.7 cm³/mol. The highest BCUT2D eigenvalue weighted by Crippen LogP contribution is 2.34. The first-order valence-electron chi connectivity index (χ1n) is 6.81. The number of nitrogens with zero attached hydrogens (tertiary/aromatic N) is 1. The Hall–Kier alpha value is -1.71. The maximum Gasteiger partial charge on any atom is 0.260 e. The molecule has 1 aromatic rings. The quantitative estimate of drug-likeness (QED) is 0.739. The second-order valence-corrected chi connectivity index (χ2v) is 6.54. The second kappa shape index (κ2) is 5.00. The van der Waals surface area contributed by atoms with Gasteiger partial charge in [0.2, 0.25) is 5.91 Å². The smallest absolute Gasteiger partial charge is 0.260 e. The molecule has 0 aromatic heterocycles. The van der Waals surface area contributed by atoms with Crippen molar-refractivity contribution in [2.75, 3.05) is 6.54 Å². The molecule has 0 aliphatic carbocycles. The summed E-state index contributed by atoms with van der Waals surface area (Å²) >= 11 is 0. The van der Waals surface area contributed by atoms with Gasteiger partial charge >= 0.3 is 0 Å². The van der Waals surface area contributed by atoms with Crippen molar-refractivity contribution in [3.63, 3.8) is 0 Å². The summed E-state index contributed by atoms with van der Waals surface area (Å²) in [6.45, 7) is 8.26. The first kappa shape index (κ1) is 14.7. The monoisotopic (exact) mass is 277 g/mol. The number of aryl methyl sites for hydroxylation is 1. The van der Waals surface area contributed by atoms with Crippen LogP contribution in [-0.2, 0) is 4.79 Å². The lowest BCUT2D eigenvalue weighted by Crippen LogP contribution is -2.33. The largest absolute Gasteiger partial charge is 0.278 e. The highest BCUT2D eigenvalue weighted by Gasteiger charge is 2.39. The molecule has 0 saturated carbocycles. The number of hydrogen-bond donors (Lipinski definition) is 0. The molecule has 1 aromatic carbocycles. The van der Waals surface area contributed by atoms with Crippen LogP contribution in [0.1, 0.15) is 43.1 Å². The van der Waals surface area contributed by atoms with Crippen molar-refractivity contribution in [2.24, 2.45) is 11.3 Å². The molecule has 3 nitrogen and oxygen atoms in total. The zero-order valence-corrected chi connectivity index (χ0v) is 12.4. The standard InChI is InChI=1S/C16H20FNO2/c1-10-7-11(5-6-13(10)17)15(20)18-9-12(8-14(18)19)16(2,3)4/h5-7,12H,8-9H2,1-4H3. The van der Waals surface area contributed by atoms with E-state index in [2.05, 4.69) is 20.8 Å². The predicted octanol–water partition coefficient (Wildman–Crippen LogP) is 3.17. The summed E-state index contributed by atoms with van der Waals surface area (Å²) in [7, 11) is 0. The number of imide groups is 1. The van der Waals surface area contributed by atoms with Gasteiger partial charge < -0.3 is 0 Å². The molecule has 1 unspecified atom stereocenters. The summed E-state index contributed by atoms with van der Waals surface area (Å²) in [6.07, 6.45) is 0.398. The molecular formula is C16H20FNO2. The molecule has 20 heavy (non-hydrogen) atoms. The minimum atomic E-state index is -0.345. The molecule has 0 spiro atoms. The van der Waals surface area contributed by atoms with Crippen LogP contribution in [0.5, 0.6) is 0 Å². The van der Waals surface area contributed by atoms with Gasteiger partial charge in [-0.05, 0) is 42.0 Å². The Morgan fingerprint density at radius 1 is 1.35 bits per heavy atom. The third-order valence-corrected chi connectivity index (χ3v) is 4.00. The Kier molecular flexibility index (Phi) is 3.67. The Balaban J connectivity index is 2.21. The van der Waals surface area contributed by atoms with Crippen molar-refractivity contribution in [3.8, 4) is 0 Å². The van der Waals surface area contributed by atoms with Gasteiger partial charge in [0, 0.05) is 18.5 Å². The van der Waals surface area contributed by atoms with E-state index < -0.39 is 0 Å². The third-order valence-electron chi connectivity index (χ3n) is 4.00. The van der Waals surface area contributed by atoms with Gasteiger partial charge in [-0.3, -0.25) is 14.5 Å². The molecule has 1 fully saturated rings. The van der Waals surface area contributed by atoms with Crippen LogP contribution in [0.4, 0.5) is 4.39 Å². The number of likely N-dealkylation sites (tertiary alicyclic amines) is 1. The van der Waals surface area contributed by atoms with Gasteiger partial charge in [-0.2, -0.15) is 0 Å². The van der Waals surface area contributed by atoms with E-state index in [0.717, 1.165) is 0 Å². The van der Waals surface area contributed by atoms with Crippen LogP contribution >= 0.6 is 0 Å². The van der Waals surface area contributed by atoms with E-state index in [1.165, 1.54) is 23.1 Å². The van der Waals surface area contributed by atoms with Gasteiger partial charge in [-0.15, -0.1) is 0 Å². The maximum atomic E-state index is 13.2. The average Bonchev–Trinajstić information content (AvgIpc) is 2.74. The fraction of sp³-hybridized carbons (Fsp3) is 0.500. The molecule has 108 valence electrons. The van der Waals surface area contributed by atoms with Crippen molar-refractivity contribution in [3.05, 3.63) is 35.1 Å². The van der Waals surface area contributed by atoms with E-state index in [-0.39, 0.29) is 29.0 Å². The molecule has 1 aliphatic heterocycles. The zero-order chi connectivity index (χ0) is 15.1. The Bertz CT molecular complexity index is 560. The summed E-state index contributed by atoms with van der Waals surface area (Å²) in [4.78, 5) is 25.7. The van der Waals surface area contributed by atoms with Crippen molar-refractivity contribution < 1.29 is 14.0 Å². The average molecular weight is 277 g/mol. The van der Waals surface area contributed by atoms with Crippen LogP contribution < -0.4 is 0 Å². The van der Waals surface area contributed by atoms with E-state index in [4.69, 9.17) is 0 Å². The Morgan fingerprint density at radius 3 is 2.50 bits per heavy atom.